The number of nitrogens with one attached hydrogen (secondary N) is 1. The van der Waals surface area contributed by atoms with Crippen molar-refractivity contribution in [1.29, 1.82) is 0 Å². The van der Waals surface area contributed by atoms with Crippen molar-refractivity contribution in [3.05, 3.63) is 59.2 Å². The van der Waals surface area contributed by atoms with Gasteiger partial charge in [-0.3, -0.25) is 4.79 Å². The van der Waals surface area contributed by atoms with E-state index in [1.54, 1.807) is 6.92 Å². The topological polar surface area (TPSA) is 38.3 Å². The first-order chi connectivity index (χ1) is 12.1. The summed E-state index contributed by atoms with van der Waals surface area (Å²) in [5, 5.41) is 2.30. The van der Waals surface area contributed by atoms with Crippen LogP contribution in [0.5, 0.6) is 5.75 Å². The Bertz CT molecular complexity index is 756. The molecule has 2 aromatic carbocycles. The molecule has 0 saturated heterocycles. The maximum Gasteiger partial charge on any atom is 0.265 e. The van der Waals surface area contributed by atoms with E-state index in [0.29, 0.717) is 12.2 Å². The standard InChI is InChI=1S/C20H21F2NO2/c1-2-18(20(24)23-19-16(21)8-5-9-17(19)22)25-15-11-10-13-6-3-4-7-14(13)12-15/h5,8-12,18H,2-4,6-7H2,1H3,(H,23,24). The van der Waals surface area contributed by atoms with Gasteiger partial charge in [0.15, 0.2) is 6.10 Å². The van der Waals surface area contributed by atoms with Gasteiger partial charge < -0.3 is 10.1 Å². The Morgan fingerprint density at radius 3 is 2.48 bits per heavy atom. The van der Waals surface area contributed by atoms with Crippen LogP contribution >= 0.6 is 0 Å². The smallest absolute Gasteiger partial charge is 0.265 e. The average Bonchev–Trinajstić information content (AvgIpc) is 2.62. The van der Waals surface area contributed by atoms with Gasteiger partial charge in [-0.2, -0.15) is 0 Å². The highest BCUT2D eigenvalue weighted by Gasteiger charge is 2.22. The third-order valence-electron chi connectivity index (χ3n) is 4.47. The highest BCUT2D eigenvalue weighted by Crippen LogP contribution is 2.26. The maximum absolute atomic E-state index is 13.7. The van der Waals surface area contributed by atoms with Gasteiger partial charge in [-0.25, -0.2) is 8.78 Å². The molecule has 0 aromatic heterocycles. The molecule has 0 saturated carbocycles. The van der Waals surface area contributed by atoms with Crippen molar-refractivity contribution in [2.24, 2.45) is 0 Å². The van der Waals surface area contributed by atoms with Gasteiger partial charge in [0.2, 0.25) is 0 Å². The number of amides is 1. The predicted octanol–water partition coefficient (Wildman–Crippen LogP) is 4.64. The van der Waals surface area contributed by atoms with Gasteiger partial charge in [0.25, 0.3) is 5.91 Å². The zero-order chi connectivity index (χ0) is 17.8. The Labute approximate surface area is 146 Å². The Hall–Kier alpha value is -2.43. The summed E-state index contributed by atoms with van der Waals surface area (Å²) < 4.78 is 33.2. The molecular formula is C20H21F2NO2. The van der Waals surface area contributed by atoms with E-state index in [9.17, 15) is 13.6 Å². The summed E-state index contributed by atoms with van der Waals surface area (Å²) in [4.78, 5) is 12.4. The Balaban J connectivity index is 1.73. The van der Waals surface area contributed by atoms with Gasteiger partial charge in [0.05, 0.1) is 0 Å². The van der Waals surface area contributed by atoms with Crippen molar-refractivity contribution in [2.75, 3.05) is 5.32 Å². The maximum atomic E-state index is 13.7. The molecule has 2 aromatic rings. The molecule has 1 aliphatic carbocycles. The number of carbonyl (C=O) groups excluding carboxylic acids is 1. The lowest BCUT2D eigenvalue weighted by Crippen LogP contribution is -2.33. The summed E-state index contributed by atoms with van der Waals surface area (Å²) in [6.07, 6.45) is 4.00. The number of aryl methyl sites for hydroxylation is 2. The Morgan fingerprint density at radius 2 is 1.80 bits per heavy atom. The molecule has 0 aliphatic heterocycles. The van der Waals surface area contributed by atoms with E-state index in [1.807, 2.05) is 18.2 Å². The molecule has 1 N–H and O–H groups in total. The number of ether oxygens (including phenoxy) is 1. The number of fused-ring (bicyclic) bond motifs is 1. The van der Waals surface area contributed by atoms with E-state index in [2.05, 4.69) is 5.32 Å². The fourth-order valence-corrected chi connectivity index (χ4v) is 3.09. The van der Waals surface area contributed by atoms with E-state index in [1.165, 1.54) is 23.6 Å². The number of para-hydroxylation sites is 1. The molecular weight excluding hydrogens is 324 g/mol. The first kappa shape index (κ1) is 17.4. The zero-order valence-electron chi connectivity index (χ0n) is 14.1. The van der Waals surface area contributed by atoms with Gasteiger partial charge in [-0.15, -0.1) is 0 Å². The van der Waals surface area contributed by atoms with Crippen LogP contribution in [0, 0.1) is 11.6 Å². The quantitative estimate of drug-likeness (QED) is 0.857. The molecule has 0 spiro atoms. The molecule has 0 bridgehead atoms. The molecule has 3 nitrogen and oxygen atoms in total. The molecule has 25 heavy (non-hydrogen) atoms. The summed E-state index contributed by atoms with van der Waals surface area (Å²) >= 11 is 0. The molecule has 0 fully saturated rings. The van der Waals surface area contributed by atoms with Crippen LogP contribution in [-0.4, -0.2) is 12.0 Å². The minimum atomic E-state index is -0.819. The third kappa shape index (κ3) is 3.98. The van der Waals surface area contributed by atoms with Crippen LogP contribution < -0.4 is 10.1 Å². The van der Waals surface area contributed by atoms with Crippen LogP contribution in [0.4, 0.5) is 14.5 Å². The lowest BCUT2D eigenvalue weighted by molar-refractivity contribution is -0.122. The second kappa shape index (κ2) is 7.64. The lowest BCUT2D eigenvalue weighted by Gasteiger charge is -2.20. The van der Waals surface area contributed by atoms with Gasteiger partial charge >= 0.3 is 0 Å². The van der Waals surface area contributed by atoms with E-state index in [0.717, 1.165) is 31.4 Å². The third-order valence-corrected chi connectivity index (χ3v) is 4.47. The number of halogens is 2. The van der Waals surface area contributed by atoms with Crippen LogP contribution in [0.15, 0.2) is 36.4 Å². The van der Waals surface area contributed by atoms with E-state index in [4.69, 9.17) is 4.74 Å². The first-order valence-corrected chi connectivity index (χ1v) is 8.62. The molecule has 0 radical (unpaired) electrons. The number of carbonyl (C=O) groups is 1. The number of hydrogen-bond donors (Lipinski definition) is 1. The van der Waals surface area contributed by atoms with Crippen LogP contribution in [0.2, 0.25) is 0 Å². The largest absolute Gasteiger partial charge is 0.481 e. The van der Waals surface area contributed by atoms with Crippen molar-refractivity contribution in [2.45, 2.75) is 45.1 Å². The minimum absolute atomic E-state index is 0.388. The number of anilines is 1. The average molecular weight is 345 g/mol. The second-order valence-electron chi connectivity index (χ2n) is 6.24. The van der Waals surface area contributed by atoms with Gasteiger partial charge in [0, 0.05) is 0 Å². The summed E-state index contributed by atoms with van der Waals surface area (Å²) in [5.41, 5.74) is 2.13. The summed E-state index contributed by atoms with van der Waals surface area (Å²) in [7, 11) is 0. The molecule has 0 heterocycles. The molecule has 1 amide bonds. The highest BCUT2D eigenvalue weighted by atomic mass is 19.1. The first-order valence-electron chi connectivity index (χ1n) is 8.62. The molecule has 132 valence electrons. The Kier molecular flexibility index (Phi) is 5.31. The molecule has 1 unspecified atom stereocenters. The van der Waals surface area contributed by atoms with E-state index < -0.39 is 29.3 Å². The monoisotopic (exact) mass is 345 g/mol. The summed E-state index contributed by atoms with van der Waals surface area (Å²) in [6.45, 7) is 1.79. The Morgan fingerprint density at radius 1 is 1.12 bits per heavy atom. The van der Waals surface area contributed by atoms with E-state index in [-0.39, 0.29) is 0 Å². The number of hydrogen-bond acceptors (Lipinski definition) is 2. The van der Waals surface area contributed by atoms with Crippen molar-refractivity contribution in [3.8, 4) is 5.75 Å². The van der Waals surface area contributed by atoms with Gasteiger partial charge in [-0.1, -0.05) is 19.1 Å². The second-order valence-corrected chi connectivity index (χ2v) is 6.24. The minimum Gasteiger partial charge on any atom is -0.481 e. The molecule has 5 heteroatoms. The number of rotatable bonds is 5. The summed E-state index contributed by atoms with van der Waals surface area (Å²) in [6, 6.07) is 9.30. The van der Waals surface area contributed by atoms with Gasteiger partial charge in [-0.05, 0) is 67.5 Å². The van der Waals surface area contributed by atoms with Gasteiger partial charge in [0.1, 0.15) is 23.1 Å². The zero-order valence-corrected chi connectivity index (χ0v) is 14.1. The van der Waals surface area contributed by atoms with Crippen LogP contribution in [-0.2, 0) is 17.6 Å². The predicted molar refractivity (Wildman–Crippen MR) is 92.8 cm³/mol. The SMILES string of the molecule is CCC(Oc1ccc2c(c1)CCCC2)C(=O)Nc1c(F)cccc1F. The lowest BCUT2D eigenvalue weighted by atomic mass is 9.92. The molecule has 1 aliphatic rings. The van der Waals surface area contributed by atoms with Crippen LogP contribution in [0.25, 0.3) is 0 Å². The molecule has 3 rings (SSSR count). The van der Waals surface area contributed by atoms with Crippen molar-refractivity contribution in [3.63, 3.8) is 0 Å². The van der Waals surface area contributed by atoms with E-state index >= 15 is 0 Å². The van der Waals surface area contributed by atoms with Crippen molar-refractivity contribution < 1.29 is 18.3 Å². The van der Waals surface area contributed by atoms with Crippen LogP contribution in [0.1, 0.15) is 37.3 Å². The van der Waals surface area contributed by atoms with Crippen molar-refractivity contribution >= 4 is 11.6 Å². The fraction of sp³-hybridized carbons (Fsp3) is 0.350. The van der Waals surface area contributed by atoms with Crippen LogP contribution in [0.3, 0.4) is 0 Å². The normalized spacial score (nSPS) is 14.5. The highest BCUT2D eigenvalue weighted by molar-refractivity contribution is 5.94. The molecule has 1 atom stereocenters. The van der Waals surface area contributed by atoms with Crippen molar-refractivity contribution in [1.82, 2.24) is 0 Å². The summed E-state index contributed by atoms with van der Waals surface area (Å²) in [5.74, 6) is -1.57. The number of benzene rings is 2. The fourth-order valence-electron chi connectivity index (χ4n) is 3.09.